The maximum atomic E-state index is 12.7. The summed E-state index contributed by atoms with van der Waals surface area (Å²) in [6, 6.07) is 4.21. The third kappa shape index (κ3) is 2.15. The average molecular weight is 195 g/mol. The van der Waals surface area contributed by atoms with Crippen molar-refractivity contribution in [1.82, 2.24) is 0 Å². The second kappa shape index (κ2) is 3.99. The maximum Gasteiger partial charge on any atom is 0.126 e. The summed E-state index contributed by atoms with van der Waals surface area (Å²) in [6.07, 6.45) is -1.36. The molecule has 2 nitrogen and oxygen atoms in total. The third-order valence-corrected chi connectivity index (χ3v) is 1.67. The first kappa shape index (κ1) is 10.4. The van der Waals surface area contributed by atoms with Gasteiger partial charge in [0.2, 0.25) is 0 Å². The lowest BCUT2D eigenvalue weighted by Gasteiger charge is -2.08. The molecule has 1 N–H and O–H groups in total. The zero-order valence-corrected chi connectivity index (χ0v) is 7.17. The molecule has 1 aromatic carbocycles. The summed E-state index contributed by atoms with van der Waals surface area (Å²) in [6.45, 7) is 3.25. The van der Waals surface area contributed by atoms with Gasteiger partial charge in [-0.1, -0.05) is 6.58 Å². The van der Waals surface area contributed by atoms with Gasteiger partial charge in [-0.2, -0.15) is 5.26 Å². The molecule has 0 bridgehead atoms. The predicted octanol–water partition coefficient (Wildman–Crippen LogP) is 2.08. The molecule has 4 heteroatoms. The first-order chi connectivity index (χ1) is 6.54. The van der Waals surface area contributed by atoms with Gasteiger partial charge in [0.1, 0.15) is 17.7 Å². The van der Waals surface area contributed by atoms with E-state index in [1.54, 1.807) is 6.07 Å². The minimum Gasteiger partial charge on any atom is -0.383 e. The summed E-state index contributed by atoms with van der Waals surface area (Å²) in [4.78, 5) is 0. The average Bonchev–Trinajstić information content (AvgIpc) is 2.14. The Morgan fingerprint density at radius 3 is 2.29 bits per heavy atom. The summed E-state index contributed by atoms with van der Waals surface area (Å²) >= 11 is 0. The molecule has 0 saturated heterocycles. The van der Waals surface area contributed by atoms with Crippen LogP contribution in [0.4, 0.5) is 8.78 Å². The number of aliphatic hydroxyl groups excluding tert-OH is 1. The molecule has 72 valence electrons. The number of nitriles is 1. The molecule has 0 fully saturated rings. The Morgan fingerprint density at radius 2 is 1.86 bits per heavy atom. The molecule has 0 amide bonds. The fourth-order valence-electron chi connectivity index (χ4n) is 0.995. The Bertz CT molecular complexity index is 389. The Balaban J connectivity index is 3.08. The quantitative estimate of drug-likeness (QED) is 0.734. The Hall–Kier alpha value is -1.73. The molecule has 0 aromatic heterocycles. The molecule has 0 aliphatic heterocycles. The fraction of sp³-hybridized carbons (Fsp3) is 0.100. The number of nitrogens with zero attached hydrogens (tertiary/aromatic N) is 1. The second-order valence-corrected chi connectivity index (χ2v) is 2.74. The van der Waals surface area contributed by atoms with Gasteiger partial charge in [0.05, 0.1) is 11.6 Å². The van der Waals surface area contributed by atoms with E-state index in [1.807, 2.05) is 0 Å². The first-order valence-corrected chi connectivity index (χ1v) is 3.77. The summed E-state index contributed by atoms with van der Waals surface area (Å²) < 4.78 is 25.4. The van der Waals surface area contributed by atoms with Gasteiger partial charge < -0.3 is 5.11 Å². The van der Waals surface area contributed by atoms with Gasteiger partial charge in [0.15, 0.2) is 0 Å². The van der Waals surface area contributed by atoms with E-state index in [0.717, 1.165) is 12.1 Å². The molecule has 0 aliphatic carbocycles. The van der Waals surface area contributed by atoms with Crippen LogP contribution in [0.2, 0.25) is 0 Å². The molecule has 0 saturated carbocycles. The topological polar surface area (TPSA) is 44.0 Å². The number of hydrogen-bond donors (Lipinski definition) is 1. The number of benzene rings is 1. The fourth-order valence-corrected chi connectivity index (χ4v) is 0.995. The van der Waals surface area contributed by atoms with E-state index in [2.05, 4.69) is 6.58 Å². The lowest BCUT2D eigenvalue weighted by atomic mass is 10.0. The number of hydrogen-bond acceptors (Lipinski definition) is 2. The van der Waals surface area contributed by atoms with Crippen molar-refractivity contribution < 1.29 is 13.9 Å². The summed E-state index contributed by atoms with van der Waals surface area (Å²) in [5.74, 6) is -1.60. The molecular weight excluding hydrogens is 188 g/mol. The summed E-state index contributed by atoms with van der Waals surface area (Å²) in [7, 11) is 0. The molecule has 1 rings (SSSR count). The van der Waals surface area contributed by atoms with E-state index in [4.69, 9.17) is 5.26 Å². The Kier molecular flexibility index (Phi) is 2.95. The normalized spacial score (nSPS) is 11.9. The van der Waals surface area contributed by atoms with Crippen LogP contribution in [0.15, 0.2) is 30.4 Å². The molecule has 1 atom stereocenters. The van der Waals surface area contributed by atoms with E-state index in [0.29, 0.717) is 6.07 Å². The lowest BCUT2D eigenvalue weighted by molar-refractivity contribution is 0.220. The Labute approximate surface area is 79.7 Å². The van der Waals surface area contributed by atoms with Crippen molar-refractivity contribution in [2.45, 2.75) is 6.10 Å². The van der Waals surface area contributed by atoms with Crippen LogP contribution >= 0.6 is 0 Å². The zero-order chi connectivity index (χ0) is 10.7. The maximum absolute atomic E-state index is 12.7. The highest BCUT2D eigenvalue weighted by Crippen LogP contribution is 2.21. The van der Waals surface area contributed by atoms with Crippen LogP contribution in [-0.2, 0) is 0 Å². The van der Waals surface area contributed by atoms with Crippen LogP contribution in [0.1, 0.15) is 11.7 Å². The zero-order valence-electron chi connectivity index (χ0n) is 7.17. The standard InChI is InChI=1S/C10H7F2NO/c1-6(5-13)10(14)7-2-8(11)4-9(12)3-7/h2-4,10,14H,1H2. The molecule has 0 aliphatic rings. The minimum atomic E-state index is -1.36. The summed E-state index contributed by atoms with van der Waals surface area (Å²) in [5.41, 5.74) is -0.177. The van der Waals surface area contributed by atoms with Gasteiger partial charge in [0, 0.05) is 6.07 Å². The Morgan fingerprint density at radius 1 is 1.36 bits per heavy atom. The van der Waals surface area contributed by atoms with Crippen molar-refractivity contribution in [3.8, 4) is 6.07 Å². The van der Waals surface area contributed by atoms with Gasteiger partial charge in [-0.3, -0.25) is 0 Å². The lowest BCUT2D eigenvalue weighted by Crippen LogP contribution is -2.00. The highest BCUT2D eigenvalue weighted by molar-refractivity contribution is 5.32. The molecule has 0 heterocycles. The number of rotatable bonds is 2. The summed E-state index contributed by atoms with van der Waals surface area (Å²) in [5, 5.41) is 17.8. The van der Waals surface area contributed by atoms with Crippen molar-refractivity contribution in [2.75, 3.05) is 0 Å². The van der Waals surface area contributed by atoms with Gasteiger partial charge in [0.25, 0.3) is 0 Å². The molecule has 0 spiro atoms. The third-order valence-electron chi connectivity index (χ3n) is 1.67. The minimum absolute atomic E-state index is 0.0194. The van der Waals surface area contributed by atoms with Crippen molar-refractivity contribution in [1.29, 1.82) is 5.26 Å². The SMILES string of the molecule is C=C(C#N)C(O)c1cc(F)cc(F)c1. The van der Waals surface area contributed by atoms with Crippen LogP contribution in [-0.4, -0.2) is 5.11 Å². The van der Waals surface area contributed by atoms with Crippen LogP contribution in [0.3, 0.4) is 0 Å². The van der Waals surface area contributed by atoms with E-state index in [9.17, 15) is 13.9 Å². The van der Waals surface area contributed by atoms with Crippen LogP contribution in [0.5, 0.6) is 0 Å². The molecule has 1 unspecified atom stereocenters. The molecule has 14 heavy (non-hydrogen) atoms. The van der Waals surface area contributed by atoms with E-state index in [1.165, 1.54) is 0 Å². The van der Waals surface area contributed by atoms with Gasteiger partial charge in [-0.25, -0.2) is 8.78 Å². The van der Waals surface area contributed by atoms with E-state index >= 15 is 0 Å². The van der Waals surface area contributed by atoms with Crippen molar-refractivity contribution in [2.24, 2.45) is 0 Å². The van der Waals surface area contributed by atoms with Crippen LogP contribution < -0.4 is 0 Å². The van der Waals surface area contributed by atoms with Gasteiger partial charge >= 0.3 is 0 Å². The molecule has 0 radical (unpaired) electrons. The largest absolute Gasteiger partial charge is 0.383 e. The van der Waals surface area contributed by atoms with Crippen molar-refractivity contribution in [3.63, 3.8) is 0 Å². The van der Waals surface area contributed by atoms with Crippen LogP contribution in [0.25, 0.3) is 0 Å². The molecule has 1 aromatic rings. The van der Waals surface area contributed by atoms with E-state index < -0.39 is 17.7 Å². The van der Waals surface area contributed by atoms with Crippen LogP contribution in [0, 0.1) is 23.0 Å². The van der Waals surface area contributed by atoms with E-state index in [-0.39, 0.29) is 11.1 Å². The number of aliphatic hydroxyl groups is 1. The van der Waals surface area contributed by atoms with Crippen molar-refractivity contribution >= 4 is 0 Å². The highest BCUT2D eigenvalue weighted by Gasteiger charge is 2.13. The van der Waals surface area contributed by atoms with Gasteiger partial charge in [-0.05, 0) is 17.7 Å². The monoisotopic (exact) mass is 195 g/mol. The first-order valence-electron chi connectivity index (χ1n) is 3.77. The number of halogens is 2. The predicted molar refractivity (Wildman–Crippen MR) is 46.1 cm³/mol. The highest BCUT2D eigenvalue weighted by atomic mass is 19.1. The smallest absolute Gasteiger partial charge is 0.126 e. The molecular formula is C10H7F2NO. The van der Waals surface area contributed by atoms with Crippen molar-refractivity contribution in [3.05, 3.63) is 47.5 Å². The van der Waals surface area contributed by atoms with Gasteiger partial charge in [-0.15, -0.1) is 0 Å². The second-order valence-electron chi connectivity index (χ2n) is 2.74.